The fourth-order valence-corrected chi connectivity index (χ4v) is 2.57. The van der Waals surface area contributed by atoms with Crippen molar-refractivity contribution in [1.82, 2.24) is 14.8 Å². The first-order valence-electron chi connectivity index (χ1n) is 4.81. The van der Waals surface area contributed by atoms with Crippen molar-refractivity contribution in [1.29, 1.82) is 5.26 Å². The van der Waals surface area contributed by atoms with Gasteiger partial charge >= 0.3 is 0 Å². The molecule has 0 bridgehead atoms. The van der Waals surface area contributed by atoms with E-state index in [9.17, 15) is 0 Å². The Morgan fingerprint density at radius 2 is 2.50 bits per heavy atom. The van der Waals surface area contributed by atoms with Gasteiger partial charge in [0.05, 0.1) is 0 Å². The van der Waals surface area contributed by atoms with Crippen molar-refractivity contribution in [2.45, 2.75) is 13.0 Å². The van der Waals surface area contributed by atoms with Gasteiger partial charge in [-0.2, -0.15) is 5.26 Å². The number of hydrogen-bond acceptors (Lipinski definition) is 5. The van der Waals surface area contributed by atoms with Crippen molar-refractivity contribution in [3.05, 3.63) is 34.0 Å². The molecule has 5 nitrogen and oxygen atoms in total. The third-order valence-electron chi connectivity index (χ3n) is 2.36. The number of nitrogens with zero attached hydrogens (tertiary/aromatic N) is 4. The zero-order chi connectivity index (χ0) is 11.5. The zero-order valence-electron chi connectivity index (χ0n) is 8.79. The van der Waals surface area contributed by atoms with Crippen molar-refractivity contribution in [2.24, 2.45) is 5.73 Å². The number of aryl methyl sites for hydroxylation is 1. The Morgan fingerprint density at radius 3 is 3.00 bits per heavy atom. The van der Waals surface area contributed by atoms with Gasteiger partial charge in [0.15, 0.2) is 0 Å². The maximum Gasteiger partial charge on any atom is 0.252 e. The first kappa shape index (κ1) is 10.8. The third kappa shape index (κ3) is 1.83. The highest BCUT2D eigenvalue weighted by atomic mass is 32.1. The van der Waals surface area contributed by atoms with Crippen LogP contribution >= 0.6 is 11.3 Å². The molecule has 0 spiro atoms. The van der Waals surface area contributed by atoms with Gasteiger partial charge in [0.2, 0.25) is 0 Å². The summed E-state index contributed by atoms with van der Waals surface area (Å²) in [5.41, 5.74) is 6.94. The van der Waals surface area contributed by atoms with Crippen LogP contribution in [0.25, 0.3) is 0 Å². The monoisotopic (exact) mass is 233 g/mol. The molecule has 82 valence electrons. The molecule has 2 N–H and O–H groups in total. The molecule has 0 saturated carbocycles. The fraction of sp³-hybridized carbons (Fsp3) is 0.300. The number of aromatic nitrogens is 3. The Labute approximate surface area is 97.1 Å². The van der Waals surface area contributed by atoms with Gasteiger partial charge in [0, 0.05) is 11.4 Å². The maximum atomic E-state index is 8.67. The maximum absolute atomic E-state index is 8.67. The van der Waals surface area contributed by atoms with Gasteiger partial charge in [-0.05, 0) is 23.9 Å². The molecule has 2 aromatic heterocycles. The molecule has 0 aliphatic rings. The van der Waals surface area contributed by atoms with E-state index < -0.39 is 0 Å². The van der Waals surface area contributed by atoms with Crippen LogP contribution in [-0.4, -0.2) is 21.3 Å². The van der Waals surface area contributed by atoms with E-state index in [-0.39, 0.29) is 11.9 Å². The van der Waals surface area contributed by atoms with E-state index in [2.05, 4.69) is 10.1 Å². The Kier molecular flexibility index (Phi) is 2.99. The Balaban J connectivity index is 2.37. The lowest BCUT2D eigenvalue weighted by Gasteiger charge is -2.13. The van der Waals surface area contributed by atoms with Gasteiger partial charge in [-0.25, -0.2) is 9.67 Å². The van der Waals surface area contributed by atoms with Crippen molar-refractivity contribution in [2.75, 3.05) is 6.54 Å². The number of nitriles is 1. The van der Waals surface area contributed by atoms with Crippen molar-refractivity contribution < 1.29 is 0 Å². The lowest BCUT2D eigenvalue weighted by atomic mass is 10.2. The molecule has 2 rings (SSSR count). The van der Waals surface area contributed by atoms with Crippen LogP contribution in [0, 0.1) is 18.3 Å². The van der Waals surface area contributed by atoms with E-state index in [4.69, 9.17) is 11.0 Å². The number of rotatable bonds is 3. The zero-order valence-corrected chi connectivity index (χ0v) is 9.61. The molecule has 6 heteroatoms. The minimum Gasteiger partial charge on any atom is -0.328 e. The Hall–Kier alpha value is -1.71. The second kappa shape index (κ2) is 4.43. The van der Waals surface area contributed by atoms with E-state index >= 15 is 0 Å². The molecule has 0 aromatic carbocycles. The summed E-state index contributed by atoms with van der Waals surface area (Å²) in [6, 6.07) is 3.92. The molecular formula is C10H11N5S. The second-order valence-electron chi connectivity index (χ2n) is 3.38. The van der Waals surface area contributed by atoms with Gasteiger partial charge in [0.1, 0.15) is 18.4 Å². The molecule has 0 radical (unpaired) electrons. The largest absolute Gasteiger partial charge is 0.328 e. The molecule has 2 heterocycles. The lowest BCUT2D eigenvalue weighted by Crippen LogP contribution is -2.20. The summed E-state index contributed by atoms with van der Waals surface area (Å²) in [5.74, 6) is 0.174. The molecule has 0 amide bonds. The SMILES string of the molecule is Cc1ccsc1C(CN)n1cnc(C#N)n1. The van der Waals surface area contributed by atoms with E-state index in [1.54, 1.807) is 22.3 Å². The molecule has 0 aliphatic carbocycles. The Bertz CT molecular complexity index is 521. The summed E-state index contributed by atoms with van der Waals surface area (Å²) in [6.07, 6.45) is 1.55. The third-order valence-corrected chi connectivity index (χ3v) is 3.48. The second-order valence-corrected chi connectivity index (χ2v) is 4.33. The minimum atomic E-state index is -0.0328. The molecule has 0 aliphatic heterocycles. The van der Waals surface area contributed by atoms with Gasteiger partial charge < -0.3 is 5.73 Å². The fourth-order valence-electron chi connectivity index (χ4n) is 1.54. The molecule has 1 atom stereocenters. The highest BCUT2D eigenvalue weighted by Crippen LogP contribution is 2.25. The van der Waals surface area contributed by atoms with Gasteiger partial charge in [-0.3, -0.25) is 0 Å². The Morgan fingerprint density at radius 1 is 1.69 bits per heavy atom. The number of nitrogens with two attached hydrogens (primary N) is 1. The summed E-state index contributed by atoms with van der Waals surface area (Å²) in [5, 5.41) is 14.8. The number of hydrogen-bond donors (Lipinski definition) is 1. The summed E-state index contributed by atoms with van der Waals surface area (Å²) in [7, 11) is 0. The first-order valence-corrected chi connectivity index (χ1v) is 5.69. The summed E-state index contributed by atoms with van der Waals surface area (Å²) in [4.78, 5) is 5.05. The predicted molar refractivity (Wildman–Crippen MR) is 61.0 cm³/mol. The normalized spacial score (nSPS) is 12.3. The predicted octanol–water partition coefficient (Wildman–Crippen LogP) is 1.07. The lowest BCUT2D eigenvalue weighted by molar-refractivity contribution is 0.535. The smallest absolute Gasteiger partial charge is 0.252 e. The molecule has 2 aromatic rings. The van der Waals surface area contributed by atoms with Crippen LogP contribution in [0.4, 0.5) is 0 Å². The van der Waals surface area contributed by atoms with Gasteiger partial charge in [-0.15, -0.1) is 16.4 Å². The molecular weight excluding hydrogens is 222 g/mol. The van der Waals surface area contributed by atoms with E-state index in [1.165, 1.54) is 5.56 Å². The van der Waals surface area contributed by atoms with E-state index in [1.807, 2.05) is 24.4 Å². The van der Waals surface area contributed by atoms with Crippen LogP contribution in [-0.2, 0) is 0 Å². The minimum absolute atomic E-state index is 0.0328. The van der Waals surface area contributed by atoms with Gasteiger partial charge in [-0.1, -0.05) is 0 Å². The van der Waals surface area contributed by atoms with Crippen LogP contribution in [0.5, 0.6) is 0 Å². The van der Waals surface area contributed by atoms with Crippen LogP contribution in [0.2, 0.25) is 0 Å². The van der Waals surface area contributed by atoms with Crippen molar-refractivity contribution >= 4 is 11.3 Å². The van der Waals surface area contributed by atoms with Crippen molar-refractivity contribution in [3.63, 3.8) is 0 Å². The number of thiophene rings is 1. The van der Waals surface area contributed by atoms with Crippen LogP contribution in [0.15, 0.2) is 17.8 Å². The van der Waals surface area contributed by atoms with Crippen LogP contribution in [0.3, 0.4) is 0 Å². The summed E-state index contributed by atoms with van der Waals surface area (Å²) in [6.45, 7) is 2.48. The molecule has 0 fully saturated rings. The average molecular weight is 233 g/mol. The summed E-state index contributed by atoms with van der Waals surface area (Å²) < 4.78 is 1.65. The molecule has 1 unspecified atom stereocenters. The highest BCUT2D eigenvalue weighted by molar-refractivity contribution is 7.10. The van der Waals surface area contributed by atoms with Crippen molar-refractivity contribution in [3.8, 4) is 6.07 Å². The quantitative estimate of drug-likeness (QED) is 0.859. The van der Waals surface area contributed by atoms with E-state index in [0.717, 1.165) is 4.88 Å². The topological polar surface area (TPSA) is 80.5 Å². The summed E-state index contributed by atoms with van der Waals surface area (Å²) >= 11 is 1.64. The molecule has 16 heavy (non-hydrogen) atoms. The molecule has 0 saturated heterocycles. The van der Waals surface area contributed by atoms with Gasteiger partial charge in [0.25, 0.3) is 5.82 Å². The first-order chi connectivity index (χ1) is 7.76. The van der Waals surface area contributed by atoms with Crippen LogP contribution in [0.1, 0.15) is 22.3 Å². The van der Waals surface area contributed by atoms with E-state index in [0.29, 0.717) is 6.54 Å². The highest BCUT2D eigenvalue weighted by Gasteiger charge is 2.17. The average Bonchev–Trinajstić information content (AvgIpc) is 2.90. The standard InChI is InChI=1S/C10H11N5S/c1-7-2-3-16-10(7)8(4-11)15-6-13-9(5-12)14-15/h2-3,6,8H,4,11H2,1H3. The van der Waals surface area contributed by atoms with Crippen LogP contribution < -0.4 is 5.73 Å².